The van der Waals surface area contributed by atoms with Crippen molar-refractivity contribution in [1.29, 1.82) is 0 Å². The molecule has 1 aliphatic carbocycles. The van der Waals surface area contributed by atoms with Crippen molar-refractivity contribution in [1.82, 2.24) is 0 Å². The lowest BCUT2D eigenvalue weighted by Gasteiger charge is -2.18. The molecule has 0 unspecified atom stereocenters. The molecule has 128 valence electrons. The first-order valence-electron chi connectivity index (χ1n) is 7.30. The topological polar surface area (TPSA) is 63.6 Å². The monoisotopic (exact) mass is 414 g/mol. The second-order valence-corrected chi connectivity index (χ2v) is 8.59. The summed E-state index contributed by atoms with van der Waals surface area (Å²) in [6, 6.07) is 12.1. The maximum absolute atomic E-state index is 14.6. The van der Waals surface area contributed by atoms with E-state index in [2.05, 4.69) is 15.9 Å². The smallest absolute Gasteiger partial charge is 0.175 e. The summed E-state index contributed by atoms with van der Waals surface area (Å²) in [4.78, 5) is -0.0158. The predicted molar refractivity (Wildman–Crippen MR) is 91.1 cm³/mol. The van der Waals surface area contributed by atoms with Crippen LogP contribution in [0.25, 0.3) is 0 Å². The van der Waals surface area contributed by atoms with E-state index in [1.54, 1.807) is 0 Å². The standard InChI is InChI=1S/C17H16BrFO4S/c1-24(21,22)12-8-7-11(18)13-14(12)17(15(19)16(13)20)23-9-10-5-3-2-4-6-10/h2-8,15-17,20H,9H2,1H3/t15-,16-,17+/m1/s1. The Kier molecular flexibility index (Phi) is 4.79. The van der Waals surface area contributed by atoms with Crippen LogP contribution < -0.4 is 0 Å². The van der Waals surface area contributed by atoms with Crippen molar-refractivity contribution in [2.45, 2.75) is 29.9 Å². The first-order chi connectivity index (χ1) is 11.3. The lowest BCUT2D eigenvalue weighted by atomic mass is 10.1. The van der Waals surface area contributed by atoms with Gasteiger partial charge in [-0.05, 0) is 17.7 Å². The van der Waals surface area contributed by atoms with Crippen LogP contribution in [0.4, 0.5) is 4.39 Å². The molecule has 1 aliphatic rings. The first-order valence-corrected chi connectivity index (χ1v) is 9.99. The molecule has 2 aromatic carbocycles. The summed E-state index contributed by atoms with van der Waals surface area (Å²) in [6.07, 6.45) is -3.25. The van der Waals surface area contributed by atoms with Gasteiger partial charge in [0.1, 0.15) is 12.2 Å². The Hall–Kier alpha value is -1.28. The minimum absolute atomic E-state index is 0.0158. The van der Waals surface area contributed by atoms with E-state index in [1.807, 2.05) is 30.3 Å². The van der Waals surface area contributed by atoms with Crippen LogP contribution in [0.2, 0.25) is 0 Å². The molecule has 0 radical (unpaired) electrons. The third-order valence-electron chi connectivity index (χ3n) is 4.04. The number of ether oxygens (including phenoxy) is 1. The molecule has 3 rings (SSSR count). The average Bonchev–Trinajstić information content (AvgIpc) is 2.78. The minimum atomic E-state index is -3.59. The van der Waals surface area contributed by atoms with Gasteiger partial charge in [-0.2, -0.15) is 0 Å². The van der Waals surface area contributed by atoms with E-state index in [0.29, 0.717) is 4.47 Å². The van der Waals surface area contributed by atoms with Gasteiger partial charge in [0.15, 0.2) is 16.0 Å². The van der Waals surface area contributed by atoms with Gasteiger partial charge in [0.2, 0.25) is 0 Å². The largest absolute Gasteiger partial charge is 0.385 e. The van der Waals surface area contributed by atoms with Gasteiger partial charge in [-0.25, -0.2) is 12.8 Å². The lowest BCUT2D eigenvalue weighted by molar-refractivity contribution is -0.0455. The molecule has 0 aliphatic heterocycles. The summed E-state index contributed by atoms with van der Waals surface area (Å²) >= 11 is 3.26. The van der Waals surface area contributed by atoms with E-state index in [9.17, 15) is 17.9 Å². The van der Waals surface area contributed by atoms with Crippen LogP contribution in [0, 0.1) is 0 Å². The van der Waals surface area contributed by atoms with E-state index < -0.39 is 28.2 Å². The van der Waals surface area contributed by atoms with E-state index in [1.165, 1.54) is 12.1 Å². The zero-order chi connectivity index (χ0) is 17.5. The van der Waals surface area contributed by atoms with Crippen molar-refractivity contribution in [3.63, 3.8) is 0 Å². The first kappa shape index (κ1) is 17.5. The summed E-state index contributed by atoms with van der Waals surface area (Å²) in [7, 11) is -3.59. The van der Waals surface area contributed by atoms with Gasteiger partial charge >= 0.3 is 0 Å². The number of benzene rings is 2. The van der Waals surface area contributed by atoms with Crippen LogP contribution in [-0.4, -0.2) is 26.0 Å². The Morgan fingerprint density at radius 2 is 1.83 bits per heavy atom. The number of fused-ring (bicyclic) bond motifs is 1. The molecular weight excluding hydrogens is 399 g/mol. The quantitative estimate of drug-likeness (QED) is 0.831. The van der Waals surface area contributed by atoms with E-state index in [-0.39, 0.29) is 22.6 Å². The number of hydrogen-bond acceptors (Lipinski definition) is 4. The highest BCUT2D eigenvalue weighted by Gasteiger charge is 2.45. The maximum atomic E-state index is 14.6. The van der Waals surface area contributed by atoms with Crippen LogP contribution in [-0.2, 0) is 21.2 Å². The Balaban J connectivity index is 2.03. The Bertz CT molecular complexity index is 854. The van der Waals surface area contributed by atoms with Crippen molar-refractivity contribution in [2.75, 3.05) is 6.26 Å². The fraction of sp³-hybridized carbons (Fsp3) is 0.294. The highest BCUT2D eigenvalue weighted by atomic mass is 79.9. The van der Waals surface area contributed by atoms with Gasteiger partial charge in [0.05, 0.1) is 11.5 Å². The zero-order valence-electron chi connectivity index (χ0n) is 12.8. The van der Waals surface area contributed by atoms with Crippen LogP contribution in [0.15, 0.2) is 51.8 Å². The summed E-state index contributed by atoms with van der Waals surface area (Å²) in [5, 5.41) is 10.2. The zero-order valence-corrected chi connectivity index (χ0v) is 15.2. The number of halogens is 2. The van der Waals surface area contributed by atoms with Gasteiger partial charge in [-0.15, -0.1) is 0 Å². The van der Waals surface area contributed by atoms with Gasteiger partial charge in [0, 0.05) is 21.9 Å². The van der Waals surface area contributed by atoms with Crippen LogP contribution in [0.3, 0.4) is 0 Å². The van der Waals surface area contributed by atoms with Crippen molar-refractivity contribution in [3.05, 3.63) is 63.6 Å². The highest BCUT2D eigenvalue weighted by Crippen LogP contribution is 2.49. The van der Waals surface area contributed by atoms with Crippen LogP contribution in [0.1, 0.15) is 28.9 Å². The van der Waals surface area contributed by atoms with Gasteiger partial charge < -0.3 is 9.84 Å². The molecule has 7 heteroatoms. The van der Waals surface area contributed by atoms with Crippen molar-refractivity contribution in [2.24, 2.45) is 0 Å². The molecule has 0 fully saturated rings. The van der Waals surface area contributed by atoms with Crippen molar-refractivity contribution < 1.29 is 22.7 Å². The number of aliphatic hydroxyl groups excluding tert-OH is 1. The molecule has 1 N–H and O–H groups in total. The van der Waals surface area contributed by atoms with E-state index in [4.69, 9.17) is 4.74 Å². The molecule has 0 bridgehead atoms. The normalized spacial score (nSPS) is 23.2. The third-order valence-corrected chi connectivity index (χ3v) is 5.88. The van der Waals surface area contributed by atoms with E-state index >= 15 is 0 Å². The molecule has 3 atom stereocenters. The van der Waals surface area contributed by atoms with Crippen molar-refractivity contribution in [3.8, 4) is 0 Å². The van der Waals surface area contributed by atoms with Gasteiger partial charge in [-0.3, -0.25) is 0 Å². The fourth-order valence-electron chi connectivity index (χ4n) is 2.93. The Labute approximate surface area is 148 Å². The van der Waals surface area contributed by atoms with Gasteiger partial charge in [0.25, 0.3) is 0 Å². The average molecular weight is 415 g/mol. The molecule has 24 heavy (non-hydrogen) atoms. The fourth-order valence-corrected chi connectivity index (χ4v) is 4.45. The molecular formula is C17H16BrFO4S. The van der Waals surface area contributed by atoms with Gasteiger partial charge in [-0.1, -0.05) is 46.3 Å². The summed E-state index contributed by atoms with van der Waals surface area (Å²) in [5.74, 6) is 0. The molecule has 0 saturated carbocycles. The lowest BCUT2D eigenvalue weighted by Crippen LogP contribution is -2.17. The summed E-state index contributed by atoms with van der Waals surface area (Å²) < 4.78 is 44.9. The molecule has 0 saturated heterocycles. The second-order valence-electron chi connectivity index (χ2n) is 5.75. The summed E-state index contributed by atoms with van der Waals surface area (Å²) in [5.41, 5.74) is 1.27. The number of aliphatic hydroxyl groups is 1. The number of rotatable bonds is 4. The highest BCUT2D eigenvalue weighted by molar-refractivity contribution is 9.10. The minimum Gasteiger partial charge on any atom is -0.385 e. The Morgan fingerprint density at radius 3 is 2.46 bits per heavy atom. The second kappa shape index (κ2) is 6.55. The van der Waals surface area contributed by atoms with Crippen molar-refractivity contribution >= 4 is 25.8 Å². The molecule has 0 aromatic heterocycles. The van der Waals surface area contributed by atoms with Crippen LogP contribution in [0.5, 0.6) is 0 Å². The predicted octanol–water partition coefficient (Wildman–Crippen LogP) is 3.50. The molecule has 2 aromatic rings. The molecule has 0 amide bonds. The summed E-state index contributed by atoms with van der Waals surface area (Å²) in [6.45, 7) is 0.119. The molecule has 4 nitrogen and oxygen atoms in total. The molecule has 0 spiro atoms. The number of sulfone groups is 1. The van der Waals surface area contributed by atoms with E-state index in [0.717, 1.165) is 11.8 Å². The molecule has 0 heterocycles. The maximum Gasteiger partial charge on any atom is 0.175 e. The SMILES string of the molecule is CS(=O)(=O)c1ccc(Br)c2c1[C@H](OCc1ccccc1)[C@H](F)[C@@H]2O. The van der Waals surface area contributed by atoms with Crippen LogP contribution >= 0.6 is 15.9 Å². The number of hydrogen-bond donors (Lipinski definition) is 1. The third kappa shape index (κ3) is 3.13. The number of alkyl halides is 1. The Morgan fingerprint density at radius 1 is 1.17 bits per heavy atom.